The van der Waals surface area contributed by atoms with Crippen molar-refractivity contribution in [3.05, 3.63) is 339 Å². The average Bonchev–Trinajstić information content (AvgIpc) is 4.38. The summed E-state index contributed by atoms with van der Waals surface area (Å²) in [6.07, 6.45) is 0. The quantitative estimate of drug-likeness (QED) is 0.136. The molecule has 0 heterocycles. The van der Waals surface area contributed by atoms with Crippen LogP contribution in [-0.4, -0.2) is 0 Å². The lowest BCUT2D eigenvalue weighted by atomic mass is 9.70. The number of hydrogen-bond acceptors (Lipinski definition) is 2. The number of anilines is 3. The molecule has 12 aromatic carbocycles. The Morgan fingerprint density at radius 3 is 1.01 bits per heavy atom. The Morgan fingerprint density at radius 1 is 0.260 bits per heavy atom. The highest BCUT2D eigenvalue weighted by Gasteiger charge is 2.53. The number of fused-ring (bicyclic) bond motifs is 20. The molecule has 2 spiro atoms. The van der Waals surface area contributed by atoms with Crippen LogP contribution in [0.1, 0.15) is 44.5 Å². The molecule has 0 atom stereocenters. The summed E-state index contributed by atoms with van der Waals surface area (Å²) in [5.41, 5.74) is 35.2. The molecule has 12 aromatic rings. The first-order valence-electron chi connectivity index (χ1n) is 26.4. The zero-order valence-corrected chi connectivity index (χ0v) is 44.3. The maximum Gasteiger partial charge on any atom is 0.0726 e. The number of nitrogens with two attached hydrogens (primary N) is 1. The first-order valence-corrected chi connectivity index (χ1v) is 27.5. The Kier molecular flexibility index (Phi) is 11.5. The van der Waals surface area contributed by atoms with Crippen LogP contribution in [0.5, 0.6) is 0 Å². The van der Waals surface area contributed by atoms with E-state index in [0.717, 1.165) is 17.1 Å². The molecular formula is C74H51IN2. The summed E-state index contributed by atoms with van der Waals surface area (Å²) in [6, 6.07) is 105. The molecule has 4 aliphatic carbocycles. The van der Waals surface area contributed by atoms with Crippen molar-refractivity contribution in [1.82, 2.24) is 0 Å². The van der Waals surface area contributed by atoms with Gasteiger partial charge >= 0.3 is 0 Å². The molecule has 0 saturated carbocycles. The molecule has 0 aliphatic heterocycles. The van der Waals surface area contributed by atoms with Crippen molar-refractivity contribution in [3.63, 3.8) is 0 Å². The Hall–Kier alpha value is -9.03. The van der Waals surface area contributed by atoms with Gasteiger partial charge in [-0.3, -0.25) is 0 Å². The number of halogens is 1. The minimum Gasteiger partial charge on any atom is -0.398 e. The highest BCUT2D eigenvalue weighted by molar-refractivity contribution is 14.1. The van der Waals surface area contributed by atoms with Gasteiger partial charge in [0.2, 0.25) is 0 Å². The van der Waals surface area contributed by atoms with Crippen LogP contribution in [0.25, 0.3) is 66.8 Å². The van der Waals surface area contributed by atoms with Crippen LogP contribution in [0, 0.1) is 3.57 Å². The molecule has 0 fully saturated rings. The fraction of sp³-hybridized carbons (Fsp3) is 0.0270. The molecule has 77 heavy (non-hydrogen) atoms. The summed E-state index contributed by atoms with van der Waals surface area (Å²) < 4.78 is 1.28. The van der Waals surface area contributed by atoms with Crippen LogP contribution in [0.15, 0.2) is 291 Å². The molecule has 0 bridgehead atoms. The monoisotopic (exact) mass is 1090 g/mol. The minimum absolute atomic E-state index is 0.269. The molecular weight excluding hydrogens is 1040 g/mol. The Morgan fingerprint density at radius 2 is 0.571 bits per heavy atom. The van der Waals surface area contributed by atoms with Crippen molar-refractivity contribution < 1.29 is 0 Å². The number of benzene rings is 12. The molecule has 0 aromatic heterocycles. The molecule has 16 rings (SSSR count). The lowest BCUT2D eigenvalue weighted by Crippen LogP contribution is -2.25. The number of rotatable bonds is 4. The summed E-state index contributed by atoms with van der Waals surface area (Å²) in [5, 5.41) is 3.78. The van der Waals surface area contributed by atoms with Crippen LogP contribution < -0.4 is 11.1 Å². The first-order chi connectivity index (χ1) is 38.0. The topological polar surface area (TPSA) is 38.0 Å². The highest BCUT2D eigenvalue weighted by atomic mass is 127. The second-order valence-corrected chi connectivity index (χ2v) is 21.5. The van der Waals surface area contributed by atoms with Crippen LogP contribution in [0.4, 0.5) is 17.1 Å². The van der Waals surface area contributed by atoms with Gasteiger partial charge in [0.1, 0.15) is 0 Å². The van der Waals surface area contributed by atoms with E-state index in [1.54, 1.807) is 0 Å². The van der Waals surface area contributed by atoms with Gasteiger partial charge < -0.3 is 11.1 Å². The maximum atomic E-state index is 6.48. The number of nitrogens with one attached hydrogen (secondary N) is 1. The van der Waals surface area contributed by atoms with E-state index in [0.29, 0.717) is 0 Å². The van der Waals surface area contributed by atoms with Gasteiger partial charge in [0.05, 0.1) is 10.8 Å². The molecule has 0 radical (unpaired) electrons. The third-order valence-corrected chi connectivity index (χ3v) is 17.0. The smallest absolute Gasteiger partial charge is 0.0726 e. The lowest BCUT2D eigenvalue weighted by molar-refractivity contribution is 0.794. The zero-order chi connectivity index (χ0) is 51.5. The van der Waals surface area contributed by atoms with Crippen molar-refractivity contribution in [3.8, 4) is 66.8 Å². The molecule has 364 valence electrons. The zero-order valence-electron chi connectivity index (χ0n) is 42.2. The van der Waals surface area contributed by atoms with Crippen LogP contribution in [0.3, 0.4) is 0 Å². The van der Waals surface area contributed by atoms with Crippen LogP contribution in [0.2, 0.25) is 0 Å². The van der Waals surface area contributed by atoms with Crippen LogP contribution >= 0.6 is 22.6 Å². The molecule has 3 heteroatoms. The molecule has 0 unspecified atom stereocenters. The van der Waals surface area contributed by atoms with Gasteiger partial charge in [-0.05, 0) is 159 Å². The third-order valence-electron chi connectivity index (χ3n) is 16.3. The summed E-state index contributed by atoms with van der Waals surface area (Å²) >= 11 is 2.32. The van der Waals surface area contributed by atoms with Crippen LogP contribution in [-0.2, 0) is 10.8 Å². The number of hydrogen-bond donors (Lipinski definition) is 2. The standard InChI is InChI=1S/C37H25N.C25H17N.C12H9I/c1-2-11-25(12-3-1)26-21-23-27(24-22-26)38-35-20-10-19-34-36(35)30-15-6-9-18-33(30)37(34)31-16-7-4-13-28(31)29-14-5-8-17-32(29)37;26-23-15-7-14-22-24(23)18-10-3-6-13-21(18)25(22)19-11-4-1-8-16(19)17-9-2-5-12-20(17)25;13-12-8-6-11(7-9-12)10-4-2-1-3-5-10/h1-24,38H;1-15H,26H2;1-9H. The van der Waals surface area contributed by atoms with Gasteiger partial charge in [-0.15, -0.1) is 0 Å². The lowest BCUT2D eigenvalue weighted by Gasteiger charge is -2.30. The predicted molar refractivity (Wildman–Crippen MR) is 330 cm³/mol. The van der Waals surface area contributed by atoms with E-state index in [1.807, 2.05) is 12.1 Å². The summed E-state index contributed by atoms with van der Waals surface area (Å²) in [6.45, 7) is 0. The van der Waals surface area contributed by atoms with Gasteiger partial charge in [-0.25, -0.2) is 0 Å². The Labute approximate surface area is 464 Å². The molecule has 4 aliphatic rings. The van der Waals surface area contributed by atoms with Crippen molar-refractivity contribution in [1.29, 1.82) is 0 Å². The van der Waals surface area contributed by atoms with Gasteiger partial charge in [0.25, 0.3) is 0 Å². The maximum absolute atomic E-state index is 6.48. The fourth-order valence-electron chi connectivity index (χ4n) is 13.2. The average molecular weight is 1100 g/mol. The normalized spacial score (nSPS) is 13.3. The van der Waals surface area contributed by atoms with E-state index in [-0.39, 0.29) is 10.8 Å². The molecule has 0 amide bonds. The van der Waals surface area contributed by atoms with E-state index in [2.05, 4.69) is 307 Å². The van der Waals surface area contributed by atoms with Crippen molar-refractivity contribution in [2.75, 3.05) is 11.1 Å². The van der Waals surface area contributed by atoms with Crippen molar-refractivity contribution in [2.45, 2.75) is 10.8 Å². The van der Waals surface area contributed by atoms with Gasteiger partial charge in [0, 0.05) is 31.8 Å². The first kappa shape index (κ1) is 46.5. The highest BCUT2D eigenvalue weighted by Crippen LogP contribution is 2.65. The van der Waals surface area contributed by atoms with E-state index in [4.69, 9.17) is 5.73 Å². The molecule has 3 N–H and O–H groups in total. The summed E-state index contributed by atoms with van der Waals surface area (Å²) in [4.78, 5) is 0. The SMILES string of the molecule is Ic1ccc(-c2ccccc2)cc1.Nc1cccc2c1-c1ccccc1C21c2ccccc2-c2ccccc21.c1ccc(-c2ccc(Nc3cccc4c3-c3ccccc3C43c4ccccc4-c4ccccc43)cc2)cc1. The third kappa shape index (κ3) is 7.29. The predicted octanol–water partition coefficient (Wildman–Crippen LogP) is 19.0. The number of nitrogen functional groups attached to an aromatic ring is 1. The second kappa shape index (κ2) is 19.0. The van der Waals surface area contributed by atoms with Gasteiger partial charge in [0.15, 0.2) is 0 Å². The summed E-state index contributed by atoms with van der Waals surface area (Å²) in [7, 11) is 0. The minimum atomic E-state index is -0.312. The van der Waals surface area contributed by atoms with Crippen molar-refractivity contribution in [2.24, 2.45) is 0 Å². The van der Waals surface area contributed by atoms with E-state index < -0.39 is 0 Å². The van der Waals surface area contributed by atoms with Gasteiger partial charge in [-0.2, -0.15) is 0 Å². The van der Waals surface area contributed by atoms with Gasteiger partial charge in [-0.1, -0.05) is 255 Å². The molecule has 2 nitrogen and oxygen atoms in total. The van der Waals surface area contributed by atoms with E-state index in [9.17, 15) is 0 Å². The summed E-state index contributed by atoms with van der Waals surface area (Å²) in [5.74, 6) is 0. The Bertz CT molecular complexity index is 4110. The van der Waals surface area contributed by atoms with Crippen molar-refractivity contribution >= 4 is 39.7 Å². The van der Waals surface area contributed by atoms with E-state index >= 15 is 0 Å². The fourth-order valence-corrected chi connectivity index (χ4v) is 13.6. The molecule has 0 saturated heterocycles. The second-order valence-electron chi connectivity index (χ2n) is 20.2. The van der Waals surface area contributed by atoms with E-state index in [1.165, 1.54) is 115 Å². The Balaban J connectivity index is 0.000000119. The largest absolute Gasteiger partial charge is 0.398 e.